The molecule has 3 N–H and O–H groups in total. The lowest BCUT2D eigenvalue weighted by molar-refractivity contribution is 0.122. The Labute approximate surface area is 203 Å². The number of fused-ring (bicyclic) bond motifs is 1. The fourth-order valence-electron chi connectivity index (χ4n) is 4.73. The number of ether oxygens (including phenoxy) is 2. The predicted octanol–water partition coefficient (Wildman–Crippen LogP) is 2.69. The van der Waals surface area contributed by atoms with Gasteiger partial charge in [0.1, 0.15) is 0 Å². The zero-order valence-corrected chi connectivity index (χ0v) is 20.6. The smallest absolute Gasteiger partial charge is 0.236 e. The number of likely N-dealkylation sites (tertiary alicyclic amines) is 1. The number of hydrogen-bond donors (Lipinski definition) is 2. The lowest BCUT2D eigenvalue weighted by Crippen LogP contribution is -2.37. The summed E-state index contributed by atoms with van der Waals surface area (Å²) in [4.78, 5) is 20.4. The Bertz CT molecular complexity index is 1160. The standard InChI is InChI=1S/C24H32N6O3S/c1-15-18(13-29-5-3-16(14-31)4-6-29)21-22(34-15)20(17-11-19(25)23(32-2)26-12-17)27-24(28-21)30-7-9-33-10-8-30/h11-12,16,31H,3-10,13-14,25H2,1-2H3. The first kappa shape index (κ1) is 23.2. The normalized spacial score (nSPS) is 18.0. The van der Waals surface area contributed by atoms with Crippen LogP contribution in [0.5, 0.6) is 5.88 Å². The summed E-state index contributed by atoms with van der Waals surface area (Å²) < 4.78 is 11.9. The van der Waals surface area contributed by atoms with Crippen molar-refractivity contribution in [2.75, 3.05) is 63.7 Å². The van der Waals surface area contributed by atoms with E-state index >= 15 is 0 Å². The van der Waals surface area contributed by atoms with Gasteiger partial charge in [-0.25, -0.2) is 15.0 Å². The van der Waals surface area contributed by atoms with Crippen molar-refractivity contribution < 1.29 is 14.6 Å². The summed E-state index contributed by atoms with van der Waals surface area (Å²) in [6.07, 6.45) is 3.84. The Morgan fingerprint density at radius 1 is 1.21 bits per heavy atom. The highest BCUT2D eigenvalue weighted by molar-refractivity contribution is 7.19. The largest absolute Gasteiger partial charge is 0.480 e. The van der Waals surface area contributed by atoms with Crippen LogP contribution < -0.4 is 15.4 Å². The quantitative estimate of drug-likeness (QED) is 0.546. The maximum absolute atomic E-state index is 9.50. The molecule has 0 unspecified atom stereocenters. The highest BCUT2D eigenvalue weighted by Gasteiger charge is 2.25. The molecule has 2 saturated heterocycles. The van der Waals surface area contributed by atoms with Gasteiger partial charge in [0.2, 0.25) is 11.8 Å². The summed E-state index contributed by atoms with van der Waals surface area (Å²) in [5.41, 5.74) is 10.7. The molecular formula is C24H32N6O3S. The van der Waals surface area contributed by atoms with Gasteiger partial charge < -0.3 is 25.2 Å². The molecular weight excluding hydrogens is 452 g/mol. The van der Waals surface area contributed by atoms with Crippen LogP contribution in [-0.2, 0) is 11.3 Å². The Kier molecular flexibility index (Phi) is 6.82. The maximum atomic E-state index is 9.50. The number of hydrogen-bond acceptors (Lipinski definition) is 10. The van der Waals surface area contributed by atoms with E-state index in [1.165, 1.54) is 10.4 Å². The third-order valence-electron chi connectivity index (χ3n) is 6.81. The van der Waals surface area contributed by atoms with Crippen LogP contribution in [0.1, 0.15) is 23.3 Å². The molecule has 10 heteroatoms. The summed E-state index contributed by atoms with van der Waals surface area (Å²) in [5, 5.41) is 9.50. The first-order valence-corrected chi connectivity index (χ1v) is 12.6. The van der Waals surface area contributed by atoms with Crippen LogP contribution >= 0.6 is 11.3 Å². The van der Waals surface area contributed by atoms with E-state index < -0.39 is 0 Å². The highest BCUT2D eigenvalue weighted by Crippen LogP contribution is 2.39. The fraction of sp³-hybridized carbons (Fsp3) is 0.542. The van der Waals surface area contributed by atoms with Gasteiger partial charge in [0.15, 0.2) is 0 Å². The fourth-order valence-corrected chi connectivity index (χ4v) is 5.84. The molecule has 5 rings (SSSR count). The Morgan fingerprint density at radius 3 is 2.65 bits per heavy atom. The summed E-state index contributed by atoms with van der Waals surface area (Å²) in [5.74, 6) is 1.56. The average molecular weight is 485 g/mol. The molecule has 0 aliphatic carbocycles. The molecule has 2 fully saturated rings. The van der Waals surface area contributed by atoms with Gasteiger partial charge in [0.05, 0.1) is 41.9 Å². The minimum absolute atomic E-state index is 0.284. The lowest BCUT2D eigenvalue weighted by Gasteiger charge is -2.31. The lowest BCUT2D eigenvalue weighted by atomic mass is 9.97. The third-order valence-corrected chi connectivity index (χ3v) is 7.95. The van der Waals surface area contributed by atoms with E-state index in [2.05, 4.69) is 21.7 Å². The molecule has 0 bridgehead atoms. The van der Waals surface area contributed by atoms with Gasteiger partial charge in [-0.2, -0.15) is 0 Å². The molecule has 3 aromatic rings. The molecule has 5 heterocycles. The molecule has 9 nitrogen and oxygen atoms in total. The second-order valence-corrected chi connectivity index (χ2v) is 10.2. The van der Waals surface area contributed by atoms with Gasteiger partial charge in [-0.3, -0.25) is 4.90 Å². The molecule has 0 atom stereocenters. The average Bonchev–Trinajstić information content (AvgIpc) is 3.19. The number of aliphatic hydroxyl groups excluding tert-OH is 1. The van der Waals surface area contributed by atoms with E-state index in [0.29, 0.717) is 30.7 Å². The first-order chi connectivity index (χ1) is 16.6. The predicted molar refractivity (Wildman–Crippen MR) is 134 cm³/mol. The number of nitrogens with two attached hydrogens (primary N) is 1. The summed E-state index contributed by atoms with van der Waals surface area (Å²) in [7, 11) is 1.57. The summed E-state index contributed by atoms with van der Waals surface area (Å²) in [6, 6.07) is 1.88. The van der Waals surface area contributed by atoms with Gasteiger partial charge in [0.25, 0.3) is 0 Å². The van der Waals surface area contributed by atoms with E-state index in [9.17, 15) is 5.11 Å². The zero-order valence-electron chi connectivity index (χ0n) is 19.8. The number of piperidine rings is 1. The molecule has 34 heavy (non-hydrogen) atoms. The van der Waals surface area contributed by atoms with Crippen molar-refractivity contribution in [3.05, 3.63) is 22.7 Å². The number of pyridine rings is 1. The zero-order chi connectivity index (χ0) is 23.7. The number of aliphatic hydroxyl groups is 1. The number of aryl methyl sites for hydroxylation is 1. The minimum atomic E-state index is 0.284. The number of morpholine rings is 1. The van der Waals surface area contributed by atoms with Crippen LogP contribution in [0.25, 0.3) is 21.5 Å². The SMILES string of the molecule is COc1ncc(-c2nc(N3CCOCC3)nc3c(CN4CCC(CO)CC4)c(C)sc23)cc1N. The number of thiophene rings is 1. The van der Waals surface area contributed by atoms with Crippen molar-refractivity contribution in [3.8, 4) is 17.1 Å². The van der Waals surface area contributed by atoms with Gasteiger partial charge in [-0.05, 0) is 44.8 Å². The van der Waals surface area contributed by atoms with E-state index in [-0.39, 0.29) is 6.61 Å². The number of rotatable bonds is 6. The van der Waals surface area contributed by atoms with Gasteiger partial charge >= 0.3 is 0 Å². The second kappa shape index (κ2) is 9.99. The van der Waals surface area contributed by atoms with Crippen LogP contribution in [0, 0.1) is 12.8 Å². The molecule has 0 radical (unpaired) electrons. The van der Waals surface area contributed by atoms with E-state index in [1.54, 1.807) is 24.6 Å². The van der Waals surface area contributed by atoms with E-state index in [1.807, 2.05) is 6.07 Å². The third kappa shape index (κ3) is 4.55. The van der Waals surface area contributed by atoms with Crippen molar-refractivity contribution in [2.24, 2.45) is 5.92 Å². The monoisotopic (exact) mass is 484 g/mol. The van der Waals surface area contributed by atoms with Crippen LogP contribution in [0.15, 0.2) is 12.3 Å². The van der Waals surface area contributed by atoms with Gasteiger partial charge in [-0.15, -0.1) is 11.3 Å². The first-order valence-electron chi connectivity index (χ1n) is 11.8. The summed E-state index contributed by atoms with van der Waals surface area (Å²) >= 11 is 1.73. The maximum Gasteiger partial charge on any atom is 0.236 e. The second-order valence-electron chi connectivity index (χ2n) is 9.01. The molecule has 0 amide bonds. The number of anilines is 2. The van der Waals surface area contributed by atoms with E-state index in [0.717, 1.165) is 73.0 Å². The van der Waals surface area contributed by atoms with Crippen LogP contribution in [0.4, 0.5) is 11.6 Å². The van der Waals surface area contributed by atoms with Crippen LogP contribution in [-0.4, -0.2) is 78.1 Å². The van der Waals surface area contributed by atoms with Crippen molar-refractivity contribution in [3.63, 3.8) is 0 Å². The summed E-state index contributed by atoms with van der Waals surface area (Å²) in [6.45, 7) is 8.17. The molecule has 2 aliphatic heterocycles. The van der Waals surface area contributed by atoms with Gasteiger partial charge in [0, 0.05) is 48.4 Å². The molecule has 182 valence electrons. The topological polar surface area (TPSA) is 110 Å². The van der Waals surface area contributed by atoms with E-state index in [4.69, 9.17) is 25.2 Å². The Hall–Kier alpha value is -2.53. The highest BCUT2D eigenvalue weighted by atomic mass is 32.1. The molecule has 0 aromatic carbocycles. The number of nitrogen functional groups attached to an aromatic ring is 1. The number of nitrogens with zero attached hydrogens (tertiary/aromatic N) is 5. The molecule has 0 spiro atoms. The van der Waals surface area contributed by atoms with Crippen LogP contribution in [0.2, 0.25) is 0 Å². The molecule has 2 aliphatic rings. The number of aromatic nitrogens is 3. The molecule has 0 saturated carbocycles. The Morgan fingerprint density at radius 2 is 1.97 bits per heavy atom. The number of methoxy groups -OCH3 is 1. The van der Waals surface area contributed by atoms with Crippen molar-refractivity contribution in [1.29, 1.82) is 0 Å². The minimum Gasteiger partial charge on any atom is -0.480 e. The van der Waals surface area contributed by atoms with Gasteiger partial charge in [-0.1, -0.05) is 0 Å². The molecule has 3 aromatic heterocycles. The Balaban J connectivity index is 1.58. The van der Waals surface area contributed by atoms with Crippen LogP contribution in [0.3, 0.4) is 0 Å². The van der Waals surface area contributed by atoms with Crippen molar-refractivity contribution in [1.82, 2.24) is 19.9 Å². The van der Waals surface area contributed by atoms with Crippen molar-refractivity contribution in [2.45, 2.75) is 26.3 Å². The van der Waals surface area contributed by atoms with Crippen molar-refractivity contribution >= 4 is 33.2 Å².